The van der Waals surface area contributed by atoms with Gasteiger partial charge in [0.25, 0.3) is 5.91 Å². The Hall–Kier alpha value is -2.09. The number of sulfonamides is 1. The minimum Gasteiger partial charge on any atom is -0.482 e. The van der Waals surface area contributed by atoms with Gasteiger partial charge in [0.2, 0.25) is 10.0 Å². The third-order valence-corrected chi connectivity index (χ3v) is 5.82. The van der Waals surface area contributed by atoms with Gasteiger partial charge >= 0.3 is 0 Å². The van der Waals surface area contributed by atoms with Gasteiger partial charge in [0.05, 0.1) is 9.92 Å². The zero-order valence-electron chi connectivity index (χ0n) is 16.2. The number of ether oxygens (including phenoxy) is 1. The number of benzene rings is 2. The normalized spacial score (nSPS) is 11.3. The maximum absolute atomic E-state index is 12.2. The smallest absolute Gasteiger partial charge is 0.262 e. The van der Waals surface area contributed by atoms with Gasteiger partial charge in [-0.2, -0.15) is 0 Å². The van der Waals surface area contributed by atoms with E-state index in [9.17, 15) is 13.2 Å². The number of halogens is 1. The molecule has 152 valence electrons. The molecule has 2 N–H and O–H groups in total. The maximum Gasteiger partial charge on any atom is 0.262 e. The van der Waals surface area contributed by atoms with Gasteiger partial charge in [-0.1, -0.05) is 37.1 Å². The number of amides is 1. The summed E-state index contributed by atoms with van der Waals surface area (Å²) in [7, 11) is -3.62. The summed E-state index contributed by atoms with van der Waals surface area (Å²) < 4.78 is 32.4. The molecule has 0 saturated carbocycles. The molecule has 0 aliphatic carbocycles. The highest BCUT2D eigenvalue weighted by Crippen LogP contribution is 2.27. The molecular formula is C20H25ClN2O4S. The highest BCUT2D eigenvalue weighted by atomic mass is 35.5. The van der Waals surface area contributed by atoms with Crippen LogP contribution in [0.1, 0.15) is 30.9 Å². The highest BCUT2D eigenvalue weighted by Gasteiger charge is 2.16. The van der Waals surface area contributed by atoms with E-state index in [4.69, 9.17) is 16.3 Å². The number of carbonyl (C=O) groups excluding carboxylic acids is 1. The van der Waals surface area contributed by atoms with E-state index < -0.39 is 10.0 Å². The Morgan fingerprint density at radius 3 is 2.57 bits per heavy atom. The van der Waals surface area contributed by atoms with Crippen molar-refractivity contribution in [3.05, 3.63) is 52.5 Å². The Balaban J connectivity index is 1.99. The predicted molar refractivity (Wildman–Crippen MR) is 112 cm³/mol. The molecule has 0 radical (unpaired) electrons. The van der Waals surface area contributed by atoms with E-state index in [0.29, 0.717) is 6.54 Å². The molecule has 2 aromatic rings. The lowest BCUT2D eigenvalue weighted by atomic mass is 10.1. The summed E-state index contributed by atoms with van der Waals surface area (Å²) in [5.41, 5.74) is 2.70. The lowest BCUT2D eigenvalue weighted by molar-refractivity contribution is -0.118. The van der Waals surface area contributed by atoms with Crippen molar-refractivity contribution >= 4 is 33.2 Å². The average molecular weight is 425 g/mol. The van der Waals surface area contributed by atoms with Crippen LogP contribution in [-0.2, 0) is 14.8 Å². The number of anilines is 1. The second-order valence-corrected chi connectivity index (χ2v) is 8.67. The topological polar surface area (TPSA) is 84.5 Å². The van der Waals surface area contributed by atoms with Gasteiger partial charge in [-0.05, 0) is 55.7 Å². The number of nitrogens with one attached hydrogen (secondary N) is 2. The van der Waals surface area contributed by atoms with Crippen LogP contribution in [0.25, 0.3) is 0 Å². The van der Waals surface area contributed by atoms with Gasteiger partial charge in [0.15, 0.2) is 6.61 Å². The van der Waals surface area contributed by atoms with Gasteiger partial charge in [-0.25, -0.2) is 13.1 Å². The Kier molecular flexibility index (Phi) is 7.86. The molecule has 0 aromatic heterocycles. The number of carbonyl (C=O) groups is 1. The van der Waals surface area contributed by atoms with Gasteiger partial charge in [0, 0.05) is 12.2 Å². The van der Waals surface area contributed by atoms with Crippen LogP contribution in [0.15, 0.2) is 41.3 Å². The first kappa shape index (κ1) is 22.2. The molecular weight excluding hydrogens is 400 g/mol. The van der Waals surface area contributed by atoms with Gasteiger partial charge in [0.1, 0.15) is 5.75 Å². The standard InChI is InChI=1S/C20H25ClN2O4S/c1-4-5-10-22-28(25,26)16-8-9-19(17(21)12-16)27-13-20(24)23-18-11-14(2)6-7-15(18)3/h6-9,11-12,22H,4-5,10,13H2,1-3H3,(H,23,24). The van der Waals surface area contributed by atoms with Crippen LogP contribution in [0.2, 0.25) is 5.02 Å². The van der Waals surface area contributed by atoms with Crippen LogP contribution in [-0.4, -0.2) is 27.5 Å². The Labute approximate surface area is 171 Å². The number of rotatable bonds is 9. The van der Waals surface area contributed by atoms with E-state index in [1.165, 1.54) is 18.2 Å². The minimum atomic E-state index is -3.62. The lowest BCUT2D eigenvalue weighted by Crippen LogP contribution is -2.24. The molecule has 0 heterocycles. The van der Waals surface area contributed by atoms with Crippen LogP contribution in [0, 0.1) is 13.8 Å². The van der Waals surface area contributed by atoms with Crippen molar-refractivity contribution in [2.45, 2.75) is 38.5 Å². The number of aryl methyl sites for hydroxylation is 2. The predicted octanol–water partition coefficient (Wildman–Crippen LogP) is 4.05. The van der Waals surface area contributed by atoms with Gasteiger partial charge in [-0.15, -0.1) is 0 Å². The Morgan fingerprint density at radius 1 is 1.14 bits per heavy atom. The largest absolute Gasteiger partial charge is 0.482 e. The van der Waals surface area contributed by atoms with E-state index in [0.717, 1.165) is 29.7 Å². The van der Waals surface area contributed by atoms with E-state index in [2.05, 4.69) is 10.0 Å². The average Bonchev–Trinajstić information content (AvgIpc) is 2.63. The van der Waals surface area contributed by atoms with Crippen molar-refractivity contribution < 1.29 is 17.9 Å². The minimum absolute atomic E-state index is 0.0563. The molecule has 0 unspecified atom stereocenters. The molecule has 0 atom stereocenters. The third-order valence-electron chi connectivity index (χ3n) is 4.06. The van der Waals surface area contributed by atoms with E-state index in [-0.39, 0.29) is 28.2 Å². The van der Waals surface area contributed by atoms with Gasteiger partial charge in [-0.3, -0.25) is 4.79 Å². The van der Waals surface area contributed by atoms with Crippen LogP contribution in [0.4, 0.5) is 5.69 Å². The second kappa shape index (κ2) is 9.91. The zero-order valence-corrected chi connectivity index (χ0v) is 17.8. The monoisotopic (exact) mass is 424 g/mol. The zero-order chi connectivity index (χ0) is 20.7. The summed E-state index contributed by atoms with van der Waals surface area (Å²) in [4.78, 5) is 12.2. The van der Waals surface area contributed by atoms with Crippen LogP contribution in [0.3, 0.4) is 0 Å². The van der Waals surface area contributed by atoms with Gasteiger partial charge < -0.3 is 10.1 Å². The molecule has 2 rings (SSSR count). The summed E-state index contributed by atoms with van der Waals surface area (Å²) >= 11 is 6.14. The van der Waals surface area contributed by atoms with Crippen molar-refractivity contribution in [2.24, 2.45) is 0 Å². The van der Waals surface area contributed by atoms with E-state index in [1.54, 1.807) is 0 Å². The molecule has 28 heavy (non-hydrogen) atoms. The van der Waals surface area contributed by atoms with Crippen molar-refractivity contribution in [3.8, 4) is 5.75 Å². The maximum atomic E-state index is 12.2. The first-order chi connectivity index (χ1) is 13.2. The Morgan fingerprint density at radius 2 is 1.89 bits per heavy atom. The lowest BCUT2D eigenvalue weighted by Gasteiger charge is -2.12. The molecule has 2 aromatic carbocycles. The summed E-state index contributed by atoms with van der Waals surface area (Å²) in [6, 6.07) is 9.93. The summed E-state index contributed by atoms with van der Waals surface area (Å²) in [6.07, 6.45) is 1.64. The molecule has 1 amide bonds. The molecule has 0 saturated heterocycles. The van der Waals surface area contributed by atoms with Crippen LogP contribution in [0.5, 0.6) is 5.75 Å². The number of hydrogen-bond donors (Lipinski definition) is 2. The number of hydrogen-bond acceptors (Lipinski definition) is 4. The molecule has 0 spiro atoms. The summed E-state index contributed by atoms with van der Waals surface area (Å²) in [5.74, 6) is -0.0898. The second-order valence-electron chi connectivity index (χ2n) is 6.50. The van der Waals surface area contributed by atoms with Crippen molar-refractivity contribution in [1.82, 2.24) is 4.72 Å². The van der Waals surface area contributed by atoms with E-state index >= 15 is 0 Å². The summed E-state index contributed by atoms with van der Waals surface area (Å²) in [6.45, 7) is 5.95. The first-order valence-corrected chi connectivity index (χ1v) is 10.9. The molecule has 6 nitrogen and oxygen atoms in total. The molecule has 0 fully saturated rings. The molecule has 0 aliphatic heterocycles. The van der Waals surface area contributed by atoms with E-state index in [1.807, 2.05) is 39.0 Å². The molecule has 8 heteroatoms. The fourth-order valence-electron chi connectivity index (χ4n) is 2.43. The third kappa shape index (κ3) is 6.22. The van der Waals surface area contributed by atoms with Crippen molar-refractivity contribution in [2.75, 3.05) is 18.5 Å². The SMILES string of the molecule is CCCCNS(=O)(=O)c1ccc(OCC(=O)Nc2cc(C)ccc2C)c(Cl)c1. The summed E-state index contributed by atoms with van der Waals surface area (Å²) in [5, 5.41) is 2.92. The van der Waals surface area contributed by atoms with Crippen molar-refractivity contribution in [3.63, 3.8) is 0 Å². The Bertz CT molecular complexity index is 945. The molecule has 0 bridgehead atoms. The number of unbranched alkanes of at least 4 members (excludes halogenated alkanes) is 1. The highest BCUT2D eigenvalue weighted by molar-refractivity contribution is 7.89. The fraction of sp³-hybridized carbons (Fsp3) is 0.350. The molecule has 0 aliphatic rings. The van der Waals surface area contributed by atoms with Crippen molar-refractivity contribution in [1.29, 1.82) is 0 Å². The first-order valence-electron chi connectivity index (χ1n) is 9.02. The van der Waals surface area contributed by atoms with Crippen LogP contribution >= 0.6 is 11.6 Å². The fourth-order valence-corrected chi connectivity index (χ4v) is 3.83. The van der Waals surface area contributed by atoms with Crippen LogP contribution < -0.4 is 14.8 Å². The quantitative estimate of drug-likeness (QED) is 0.594.